The molecule has 2 rings (SSSR count). The number of hydrogen-bond donors (Lipinski definition) is 1. The Morgan fingerprint density at radius 3 is 2.71 bits per heavy atom. The summed E-state index contributed by atoms with van der Waals surface area (Å²) in [6.07, 6.45) is 0. The van der Waals surface area contributed by atoms with Crippen LogP contribution in [0.3, 0.4) is 0 Å². The molecule has 2 aromatic rings. The van der Waals surface area contributed by atoms with Gasteiger partial charge in [0.05, 0.1) is 0 Å². The largest absolute Gasteiger partial charge is 0.366 e. The second-order valence-electron chi connectivity index (χ2n) is 4.13. The average molecular weight is 247 g/mol. The molecule has 0 spiro atoms. The smallest absolute Gasteiger partial charge is 0.131 e. The summed E-state index contributed by atoms with van der Waals surface area (Å²) < 4.78 is 0. The number of aromatic nitrogens is 1. The van der Waals surface area contributed by atoms with Crippen molar-refractivity contribution in [1.82, 2.24) is 4.98 Å². The second kappa shape index (κ2) is 5.19. The number of anilines is 1. The number of aryl methyl sites for hydroxylation is 2. The Balaban J connectivity index is 2.07. The van der Waals surface area contributed by atoms with E-state index in [2.05, 4.69) is 42.3 Å². The Bertz CT molecular complexity index is 523. The molecule has 0 aliphatic rings. The first-order valence-electron chi connectivity index (χ1n) is 5.58. The van der Waals surface area contributed by atoms with Crippen LogP contribution in [0.25, 0.3) is 0 Å². The fraction of sp³-hybridized carbons (Fsp3) is 0.214. The molecule has 0 aliphatic carbocycles. The van der Waals surface area contributed by atoms with Crippen molar-refractivity contribution in [1.29, 1.82) is 0 Å². The summed E-state index contributed by atoms with van der Waals surface area (Å²) in [7, 11) is 0. The number of nitrogens with zero attached hydrogens (tertiary/aromatic N) is 1. The van der Waals surface area contributed by atoms with Gasteiger partial charge in [-0.3, -0.25) is 0 Å². The molecule has 0 atom stereocenters. The Morgan fingerprint density at radius 2 is 2.00 bits per heavy atom. The van der Waals surface area contributed by atoms with Gasteiger partial charge in [-0.2, -0.15) is 0 Å². The summed E-state index contributed by atoms with van der Waals surface area (Å²) in [5, 5.41) is 3.78. The maximum Gasteiger partial charge on any atom is 0.131 e. The Hall–Kier alpha value is -1.54. The highest BCUT2D eigenvalue weighted by atomic mass is 35.5. The SMILES string of the molecule is Cc1ccc(CNc2cccc(Cl)n2)c(C)c1. The minimum atomic E-state index is 0.510. The highest BCUT2D eigenvalue weighted by Crippen LogP contribution is 2.14. The van der Waals surface area contributed by atoms with Crippen molar-refractivity contribution in [2.24, 2.45) is 0 Å². The Morgan fingerprint density at radius 1 is 1.18 bits per heavy atom. The van der Waals surface area contributed by atoms with E-state index in [9.17, 15) is 0 Å². The zero-order chi connectivity index (χ0) is 12.3. The average Bonchev–Trinajstić information content (AvgIpc) is 2.28. The van der Waals surface area contributed by atoms with E-state index in [-0.39, 0.29) is 0 Å². The third-order valence-corrected chi connectivity index (χ3v) is 2.88. The third-order valence-electron chi connectivity index (χ3n) is 2.67. The molecule has 0 amide bonds. The number of nitrogens with one attached hydrogen (secondary N) is 1. The van der Waals surface area contributed by atoms with Gasteiger partial charge < -0.3 is 5.32 Å². The quantitative estimate of drug-likeness (QED) is 0.829. The summed E-state index contributed by atoms with van der Waals surface area (Å²) in [5.74, 6) is 0.803. The minimum Gasteiger partial charge on any atom is -0.366 e. The van der Waals surface area contributed by atoms with Crippen molar-refractivity contribution in [3.05, 3.63) is 58.2 Å². The summed E-state index contributed by atoms with van der Waals surface area (Å²) in [6.45, 7) is 4.98. The molecule has 1 N–H and O–H groups in total. The van der Waals surface area contributed by atoms with Crippen molar-refractivity contribution < 1.29 is 0 Å². The van der Waals surface area contributed by atoms with Gasteiger partial charge in [-0.1, -0.05) is 41.4 Å². The van der Waals surface area contributed by atoms with Crippen LogP contribution in [-0.2, 0) is 6.54 Å². The van der Waals surface area contributed by atoms with Crippen LogP contribution < -0.4 is 5.32 Å². The zero-order valence-corrected chi connectivity index (χ0v) is 10.8. The Labute approximate surface area is 107 Å². The first-order valence-corrected chi connectivity index (χ1v) is 5.95. The molecule has 1 heterocycles. The van der Waals surface area contributed by atoms with E-state index in [4.69, 9.17) is 11.6 Å². The number of halogens is 1. The first kappa shape index (κ1) is 11.9. The lowest BCUT2D eigenvalue weighted by Crippen LogP contribution is -2.02. The molecule has 1 aromatic heterocycles. The third kappa shape index (κ3) is 3.21. The number of benzene rings is 1. The zero-order valence-electron chi connectivity index (χ0n) is 10.00. The number of rotatable bonds is 3. The first-order chi connectivity index (χ1) is 8.15. The van der Waals surface area contributed by atoms with Crippen molar-refractivity contribution in [2.45, 2.75) is 20.4 Å². The van der Waals surface area contributed by atoms with Crippen LogP contribution in [0.2, 0.25) is 5.15 Å². The van der Waals surface area contributed by atoms with Crippen molar-refractivity contribution in [3.8, 4) is 0 Å². The topological polar surface area (TPSA) is 24.9 Å². The molecule has 0 saturated heterocycles. The van der Waals surface area contributed by atoms with Gasteiger partial charge in [-0.05, 0) is 37.1 Å². The molecular formula is C14H15ClN2. The van der Waals surface area contributed by atoms with Gasteiger partial charge in [0.2, 0.25) is 0 Å². The molecule has 17 heavy (non-hydrogen) atoms. The highest BCUT2D eigenvalue weighted by molar-refractivity contribution is 6.29. The van der Waals surface area contributed by atoms with E-state index in [1.807, 2.05) is 12.1 Å². The number of hydrogen-bond acceptors (Lipinski definition) is 2. The van der Waals surface area contributed by atoms with Crippen LogP contribution in [0.5, 0.6) is 0 Å². The van der Waals surface area contributed by atoms with Crippen LogP contribution in [0.15, 0.2) is 36.4 Å². The lowest BCUT2D eigenvalue weighted by molar-refractivity contribution is 1.09. The van der Waals surface area contributed by atoms with Gasteiger partial charge in [0.25, 0.3) is 0 Å². The molecule has 0 unspecified atom stereocenters. The van der Waals surface area contributed by atoms with Crippen LogP contribution in [0, 0.1) is 13.8 Å². The van der Waals surface area contributed by atoms with E-state index in [1.165, 1.54) is 16.7 Å². The van der Waals surface area contributed by atoms with E-state index in [1.54, 1.807) is 6.07 Å². The molecule has 0 aliphatic heterocycles. The molecule has 0 bridgehead atoms. The van der Waals surface area contributed by atoms with Crippen LogP contribution in [-0.4, -0.2) is 4.98 Å². The maximum absolute atomic E-state index is 5.83. The van der Waals surface area contributed by atoms with E-state index in [0.29, 0.717) is 5.15 Å². The van der Waals surface area contributed by atoms with Gasteiger partial charge in [0, 0.05) is 6.54 Å². The molecule has 0 fully saturated rings. The van der Waals surface area contributed by atoms with Crippen molar-refractivity contribution >= 4 is 17.4 Å². The Kier molecular flexibility index (Phi) is 3.64. The predicted molar refractivity (Wildman–Crippen MR) is 72.5 cm³/mol. The summed E-state index contributed by atoms with van der Waals surface area (Å²) in [6, 6.07) is 12.0. The normalized spacial score (nSPS) is 10.3. The van der Waals surface area contributed by atoms with Gasteiger partial charge in [0.15, 0.2) is 0 Å². The van der Waals surface area contributed by atoms with E-state index < -0.39 is 0 Å². The van der Waals surface area contributed by atoms with Gasteiger partial charge in [-0.15, -0.1) is 0 Å². The standard InChI is InChI=1S/C14H15ClN2/c1-10-6-7-12(11(2)8-10)9-16-14-5-3-4-13(15)17-14/h3-8H,9H2,1-2H3,(H,16,17). The van der Waals surface area contributed by atoms with E-state index in [0.717, 1.165) is 12.4 Å². The van der Waals surface area contributed by atoms with Gasteiger partial charge in [-0.25, -0.2) is 4.98 Å². The van der Waals surface area contributed by atoms with E-state index >= 15 is 0 Å². The van der Waals surface area contributed by atoms with Gasteiger partial charge >= 0.3 is 0 Å². The molecule has 1 aromatic carbocycles. The molecular weight excluding hydrogens is 232 g/mol. The lowest BCUT2D eigenvalue weighted by Gasteiger charge is -2.09. The predicted octanol–water partition coefficient (Wildman–Crippen LogP) is 3.96. The molecule has 0 saturated carbocycles. The fourth-order valence-corrected chi connectivity index (χ4v) is 1.90. The second-order valence-corrected chi connectivity index (χ2v) is 4.52. The van der Waals surface area contributed by atoms with Crippen LogP contribution >= 0.6 is 11.6 Å². The van der Waals surface area contributed by atoms with Crippen molar-refractivity contribution in [2.75, 3.05) is 5.32 Å². The summed E-state index contributed by atoms with van der Waals surface area (Å²) in [4.78, 5) is 4.19. The lowest BCUT2D eigenvalue weighted by atomic mass is 10.1. The molecule has 2 nitrogen and oxygen atoms in total. The number of pyridine rings is 1. The molecule has 88 valence electrons. The maximum atomic E-state index is 5.83. The van der Waals surface area contributed by atoms with Crippen molar-refractivity contribution in [3.63, 3.8) is 0 Å². The monoisotopic (exact) mass is 246 g/mol. The molecule has 0 radical (unpaired) electrons. The molecule has 3 heteroatoms. The van der Waals surface area contributed by atoms with Crippen LogP contribution in [0.1, 0.15) is 16.7 Å². The fourth-order valence-electron chi connectivity index (χ4n) is 1.74. The highest BCUT2D eigenvalue weighted by Gasteiger charge is 1.99. The van der Waals surface area contributed by atoms with Crippen LogP contribution in [0.4, 0.5) is 5.82 Å². The minimum absolute atomic E-state index is 0.510. The summed E-state index contributed by atoms with van der Waals surface area (Å²) in [5.41, 5.74) is 3.85. The summed E-state index contributed by atoms with van der Waals surface area (Å²) >= 11 is 5.83. The van der Waals surface area contributed by atoms with Gasteiger partial charge in [0.1, 0.15) is 11.0 Å².